The summed E-state index contributed by atoms with van der Waals surface area (Å²) in [7, 11) is 0. The zero-order valence-electron chi connectivity index (χ0n) is 12.3. The molecule has 0 atom stereocenters. The van der Waals surface area contributed by atoms with Crippen molar-refractivity contribution in [2.45, 2.75) is 6.92 Å². The number of benzene rings is 1. The Hall–Kier alpha value is -3.62. The lowest BCUT2D eigenvalue weighted by atomic mass is 10.1. The summed E-state index contributed by atoms with van der Waals surface area (Å²) in [6.07, 6.45) is 1.53. The maximum Gasteiger partial charge on any atom is 0.403 e. The summed E-state index contributed by atoms with van der Waals surface area (Å²) < 4.78 is 1.36. The number of carbonyl (C=O) groups is 3. The van der Waals surface area contributed by atoms with Gasteiger partial charge in [0.15, 0.2) is 0 Å². The number of hydrogen-bond donors (Lipinski definition) is 0. The minimum atomic E-state index is -1.02. The van der Waals surface area contributed by atoms with E-state index >= 15 is 0 Å². The van der Waals surface area contributed by atoms with E-state index in [0.717, 1.165) is 0 Å². The van der Waals surface area contributed by atoms with E-state index in [-0.39, 0.29) is 22.7 Å². The summed E-state index contributed by atoms with van der Waals surface area (Å²) in [5.74, 6) is -2.52. The zero-order valence-corrected chi connectivity index (χ0v) is 12.3. The molecule has 0 aliphatic carbocycles. The molecule has 4 rings (SSSR count). The van der Waals surface area contributed by atoms with Crippen molar-refractivity contribution < 1.29 is 19.2 Å². The minimum absolute atomic E-state index is 0.177. The quantitative estimate of drug-likeness (QED) is 0.642. The highest BCUT2D eigenvalue weighted by Gasteiger charge is 2.39. The monoisotopic (exact) mass is 323 g/mol. The number of nitrogens with zero attached hydrogens (tertiary/aromatic N) is 5. The second kappa shape index (κ2) is 4.95. The van der Waals surface area contributed by atoms with Crippen LogP contribution in [-0.2, 0) is 4.84 Å². The van der Waals surface area contributed by atoms with Gasteiger partial charge in [0.2, 0.25) is 0 Å². The molecule has 118 valence electrons. The van der Waals surface area contributed by atoms with Gasteiger partial charge in [0.1, 0.15) is 0 Å². The number of amides is 2. The second-order valence-corrected chi connectivity index (χ2v) is 5.06. The van der Waals surface area contributed by atoms with Gasteiger partial charge in [-0.3, -0.25) is 9.59 Å². The Morgan fingerprint density at radius 2 is 1.75 bits per heavy atom. The first kappa shape index (κ1) is 14.0. The van der Waals surface area contributed by atoms with E-state index in [1.54, 1.807) is 25.1 Å². The predicted molar refractivity (Wildman–Crippen MR) is 77.9 cm³/mol. The summed E-state index contributed by atoms with van der Waals surface area (Å²) in [5, 5.41) is 4.39. The summed E-state index contributed by atoms with van der Waals surface area (Å²) in [6.45, 7) is 1.77. The van der Waals surface area contributed by atoms with Crippen LogP contribution in [0.4, 0.5) is 0 Å². The lowest BCUT2D eigenvalue weighted by Gasteiger charge is -2.10. The van der Waals surface area contributed by atoms with Gasteiger partial charge in [-0.05, 0) is 25.1 Å². The fourth-order valence-corrected chi connectivity index (χ4v) is 2.37. The number of carbonyl (C=O) groups excluding carboxylic acids is 3. The minimum Gasteiger partial charge on any atom is -0.321 e. The molecule has 0 radical (unpaired) electrons. The van der Waals surface area contributed by atoms with E-state index in [2.05, 4.69) is 15.1 Å². The Morgan fingerprint density at radius 1 is 1.08 bits per heavy atom. The van der Waals surface area contributed by atoms with Gasteiger partial charge in [-0.2, -0.15) is 4.98 Å². The molecule has 3 aromatic rings. The standard InChI is InChI=1S/C15H9N5O4/c1-8-6-7-16-15-17-11(18-19(8)15)14(23)24-20-12(21)9-4-2-3-5-10(9)13(20)22/h2-7H,1H3. The molecule has 3 heterocycles. The van der Waals surface area contributed by atoms with Crippen LogP contribution in [0.1, 0.15) is 37.0 Å². The molecule has 0 unspecified atom stereocenters. The average Bonchev–Trinajstić information content (AvgIpc) is 3.12. The fraction of sp³-hybridized carbons (Fsp3) is 0.0667. The van der Waals surface area contributed by atoms with Crippen molar-refractivity contribution >= 4 is 23.6 Å². The number of aryl methyl sites for hydroxylation is 1. The molecule has 9 heteroatoms. The third-order valence-electron chi connectivity index (χ3n) is 3.54. The molecule has 1 aliphatic rings. The van der Waals surface area contributed by atoms with Gasteiger partial charge in [0, 0.05) is 11.9 Å². The van der Waals surface area contributed by atoms with Crippen LogP contribution in [0.2, 0.25) is 0 Å². The van der Waals surface area contributed by atoms with Crippen LogP contribution in [-0.4, -0.2) is 42.4 Å². The molecule has 0 saturated carbocycles. The summed E-state index contributed by atoms with van der Waals surface area (Å²) in [6, 6.07) is 7.90. The molecule has 0 saturated heterocycles. The number of aromatic nitrogens is 4. The van der Waals surface area contributed by atoms with Crippen LogP contribution >= 0.6 is 0 Å². The molecule has 2 aromatic heterocycles. The smallest absolute Gasteiger partial charge is 0.321 e. The van der Waals surface area contributed by atoms with Gasteiger partial charge < -0.3 is 4.84 Å². The fourth-order valence-electron chi connectivity index (χ4n) is 2.37. The first-order chi connectivity index (χ1) is 11.6. The molecule has 24 heavy (non-hydrogen) atoms. The molecular weight excluding hydrogens is 314 g/mol. The van der Waals surface area contributed by atoms with E-state index in [1.165, 1.54) is 22.8 Å². The van der Waals surface area contributed by atoms with Crippen molar-refractivity contribution in [3.63, 3.8) is 0 Å². The SMILES string of the molecule is Cc1ccnc2nc(C(=O)ON3C(=O)c4ccccc4C3=O)nn12. The lowest BCUT2D eigenvalue weighted by Crippen LogP contribution is -2.33. The van der Waals surface area contributed by atoms with Crippen LogP contribution in [0, 0.1) is 6.92 Å². The Bertz CT molecular complexity index is 991. The van der Waals surface area contributed by atoms with Gasteiger partial charge in [-0.1, -0.05) is 17.2 Å². The third kappa shape index (κ3) is 1.95. The van der Waals surface area contributed by atoms with E-state index in [0.29, 0.717) is 10.8 Å². The summed E-state index contributed by atoms with van der Waals surface area (Å²) >= 11 is 0. The van der Waals surface area contributed by atoms with Crippen molar-refractivity contribution in [3.05, 3.63) is 59.2 Å². The third-order valence-corrected chi connectivity index (χ3v) is 3.54. The lowest BCUT2D eigenvalue weighted by molar-refractivity contribution is -0.0592. The Balaban J connectivity index is 1.64. The van der Waals surface area contributed by atoms with E-state index in [4.69, 9.17) is 4.84 Å². The molecule has 0 N–H and O–H groups in total. The summed E-state index contributed by atoms with van der Waals surface area (Å²) in [4.78, 5) is 49.3. The van der Waals surface area contributed by atoms with Crippen molar-refractivity contribution in [2.75, 3.05) is 0 Å². The number of imide groups is 1. The van der Waals surface area contributed by atoms with Gasteiger partial charge in [-0.15, -0.1) is 5.10 Å². The maximum atomic E-state index is 12.2. The predicted octanol–water partition coefficient (Wildman–Crippen LogP) is 0.801. The van der Waals surface area contributed by atoms with Crippen LogP contribution in [0.15, 0.2) is 36.5 Å². The summed E-state index contributed by atoms with van der Waals surface area (Å²) in [5.41, 5.74) is 1.07. The van der Waals surface area contributed by atoms with E-state index < -0.39 is 17.8 Å². The van der Waals surface area contributed by atoms with E-state index in [9.17, 15) is 14.4 Å². The highest BCUT2D eigenvalue weighted by atomic mass is 16.7. The molecule has 0 fully saturated rings. The van der Waals surface area contributed by atoms with Crippen LogP contribution in [0.3, 0.4) is 0 Å². The average molecular weight is 323 g/mol. The molecule has 0 spiro atoms. The zero-order chi connectivity index (χ0) is 16.8. The maximum absolute atomic E-state index is 12.2. The highest BCUT2D eigenvalue weighted by molar-refractivity contribution is 6.21. The van der Waals surface area contributed by atoms with Crippen LogP contribution < -0.4 is 0 Å². The highest BCUT2D eigenvalue weighted by Crippen LogP contribution is 2.23. The van der Waals surface area contributed by atoms with Crippen LogP contribution in [0.25, 0.3) is 5.78 Å². The topological polar surface area (TPSA) is 107 Å². The van der Waals surface area contributed by atoms with Gasteiger partial charge in [0.05, 0.1) is 11.1 Å². The van der Waals surface area contributed by atoms with Crippen molar-refractivity contribution in [1.29, 1.82) is 0 Å². The second-order valence-electron chi connectivity index (χ2n) is 5.06. The van der Waals surface area contributed by atoms with E-state index in [1.807, 2.05) is 0 Å². The van der Waals surface area contributed by atoms with Crippen molar-refractivity contribution in [2.24, 2.45) is 0 Å². The molecular formula is C15H9N5O4. The molecule has 9 nitrogen and oxygen atoms in total. The Labute approximate surface area is 134 Å². The Morgan fingerprint density at radius 3 is 2.38 bits per heavy atom. The first-order valence-corrected chi connectivity index (χ1v) is 6.95. The number of hydrogen-bond acceptors (Lipinski definition) is 7. The molecule has 2 amide bonds. The van der Waals surface area contributed by atoms with Crippen molar-refractivity contribution in [3.8, 4) is 0 Å². The van der Waals surface area contributed by atoms with Crippen molar-refractivity contribution in [1.82, 2.24) is 24.6 Å². The van der Waals surface area contributed by atoms with Crippen LogP contribution in [0.5, 0.6) is 0 Å². The molecule has 1 aromatic carbocycles. The van der Waals surface area contributed by atoms with Gasteiger partial charge >= 0.3 is 5.97 Å². The number of rotatable bonds is 2. The number of hydroxylamine groups is 2. The molecule has 1 aliphatic heterocycles. The largest absolute Gasteiger partial charge is 0.403 e. The normalized spacial score (nSPS) is 13.5. The Kier molecular flexibility index (Phi) is 2.89. The van der Waals surface area contributed by atoms with Gasteiger partial charge in [-0.25, -0.2) is 14.3 Å². The number of fused-ring (bicyclic) bond motifs is 2. The first-order valence-electron chi connectivity index (χ1n) is 6.95. The van der Waals surface area contributed by atoms with Gasteiger partial charge in [0.25, 0.3) is 23.4 Å². The molecule has 0 bridgehead atoms.